The summed E-state index contributed by atoms with van der Waals surface area (Å²) in [5.74, 6) is 0. The average molecular weight is 250 g/mol. The van der Waals surface area contributed by atoms with Crippen molar-refractivity contribution in [1.82, 2.24) is 0 Å². The summed E-state index contributed by atoms with van der Waals surface area (Å²) < 4.78 is 0. The zero-order valence-corrected chi connectivity index (χ0v) is 8.78. The van der Waals surface area contributed by atoms with Crippen molar-refractivity contribution in [1.29, 1.82) is 0 Å². The average Bonchev–Trinajstić information content (AvgIpc) is 2.06. The Bertz CT molecular complexity index is 35.3. The van der Waals surface area contributed by atoms with Gasteiger partial charge in [-0.3, -0.25) is 0 Å². The monoisotopic (exact) mass is 249 g/mol. The van der Waals surface area contributed by atoms with Crippen LogP contribution < -0.4 is 22.9 Å². The minimum absolute atomic E-state index is 0.382. The van der Waals surface area contributed by atoms with E-state index in [2.05, 4.69) is 0 Å². The van der Waals surface area contributed by atoms with Crippen LogP contribution in [0.2, 0.25) is 0 Å². The van der Waals surface area contributed by atoms with Gasteiger partial charge in [0.15, 0.2) is 0 Å². The molecule has 0 saturated heterocycles. The van der Waals surface area contributed by atoms with Crippen LogP contribution in [0.4, 0.5) is 0 Å². The van der Waals surface area contributed by atoms with Crippen LogP contribution >= 0.6 is 20.3 Å². The maximum absolute atomic E-state index is 4.90. The Hall–Kier alpha value is 0.926. The molecule has 0 radical (unpaired) electrons. The quantitative estimate of drug-likeness (QED) is 0.514. The first-order valence-electron chi connectivity index (χ1n) is 2.88. The van der Waals surface area contributed by atoms with E-state index in [1.807, 2.05) is 0 Å². The Morgan fingerprint density at radius 2 is 0.818 bits per heavy atom. The van der Waals surface area contributed by atoms with Crippen molar-refractivity contribution in [2.45, 2.75) is 0 Å². The molecule has 75 valence electrons. The number of rotatable bonds is 2. The van der Waals surface area contributed by atoms with Crippen molar-refractivity contribution in [3.05, 3.63) is 0 Å². The van der Waals surface area contributed by atoms with E-state index in [1.165, 1.54) is 0 Å². The van der Waals surface area contributed by atoms with Crippen molar-refractivity contribution in [3.8, 4) is 0 Å². The third-order valence-corrected chi connectivity index (χ3v) is 0.333. The predicted octanol–water partition coefficient (Wildman–Crippen LogP) is -0.816. The van der Waals surface area contributed by atoms with Gasteiger partial charge in [-0.15, -0.1) is 0 Å². The van der Waals surface area contributed by atoms with Crippen LogP contribution in [-0.4, -0.2) is 26.2 Å². The van der Waals surface area contributed by atoms with Crippen molar-refractivity contribution >= 4 is 20.3 Å². The maximum atomic E-state index is 4.90. The molecule has 8 N–H and O–H groups in total. The Balaban J connectivity index is -0.0000000886. The van der Waals surface area contributed by atoms with Crippen molar-refractivity contribution in [2.75, 3.05) is 26.2 Å². The third kappa shape index (κ3) is 102. The van der Waals surface area contributed by atoms with Crippen molar-refractivity contribution in [2.24, 2.45) is 22.9 Å². The molecule has 0 aliphatic rings. The molecule has 0 aliphatic carbocycles. The van der Waals surface area contributed by atoms with Gasteiger partial charge < -0.3 is 22.9 Å². The summed E-state index contributed by atoms with van der Waals surface area (Å²) in [6.45, 7) is 2.39. The molecule has 0 amide bonds. The molecule has 0 unspecified atom stereocenters. The Kier molecular flexibility index (Phi) is 49.8. The van der Waals surface area contributed by atoms with Gasteiger partial charge in [0.2, 0.25) is 0 Å². The zero-order chi connectivity index (χ0) is 9.54. The fourth-order valence-corrected chi connectivity index (χ4v) is 0. The molecule has 0 rings (SSSR count). The molecule has 4 nitrogen and oxygen atoms in total. The van der Waals surface area contributed by atoms with Crippen LogP contribution in [0.25, 0.3) is 0 Å². The number of hydrogen-bond acceptors (Lipinski definition) is 4. The van der Waals surface area contributed by atoms with Gasteiger partial charge in [0.25, 0.3) is 0 Å². The van der Waals surface area contributed by atoms with Crippen molar-refractivity contribution < 1.29 is 12.9 Å². The molecule has 0 spiro atoms. The Labute approximate surface area is 82.4 Å². The van der Waals surface area contributed by atoms with E-state index in [1.54, 1.807) is 0 Å². The van der Waals surface area contributed by atoms with Crippen LogP contribution in [0.1, 0.15) is 0 Å². The summed E-state index contributed by atoms with van der Waals surface area (Å²) in [6, 6.07) is 0. The van der Waals surface area contributed by atoms with E-state index < -0.39 is 0 Å². The van der Waals surface area contributed by atoms with Gasteiger partial charge in [-0.2, -0.15) is 0 Å². The second-order valence-corrected chi connectivity index (χ2v) is 2.92. The summed E-state index contributed by atoms with van der Waals surface area (Å²) >= 11 is 0.382. The van der Waals surface area contributed by atoms with E-state index in [0.717, 1.165) is 0 Å². The minimum atomic E-state index is 0.382. The first-order chi connectivity index (χ1) is 5.24. The SMILES string of the molecule is NCCN.NCCN.[Cl][Co][Cl]. The predicted molar refractivity (Wildman–Crippen MR) is 47.9 cm³/mol. The second kappa shape index (κ2) is 30.7. The standard InChI is InChI=1S/2C2H8N2.2ClH.Co/c2*3-1-2-4;;;/h2*1-4H2;2*1H;/q;;;;+2/p-2. The summed E-state index contributed by atoms with van der Waals surface area (Å²) in [4.78, 5) is 0. The van der Waals surface area contributed by atoms with Crippen LogP contribution in [-0.2, 0) is 12.9 Å². The van der Waals surface area contributed by atoms with Gasteiger partial charge in [-0.1, -0.05) is 0 Å². The molecule has 0 atom stereocenters. The van der Waals surface area contributed by atoms with Gasteiger partial charge >= 0.3 is 33.2 Å². The molecular formula is C4H16Cl2CoN4. The van der Waals surface area contributed by atoms with Gasteiger partial charge in [-0.05, 0) is 0 Å². The molecular weight excluding hydrogens is 234 g/mol. The van der Waals surface area contributed by atoms with Gasteiger partial charge in [0.05, 0.1) is 0 Å². The van der Waals surface area contributed by atoms with Gasteiger partial charge in [-0.25, -0.2) is 0 Å². The number of halogens is 2. The van der Waals surface area contributed by atoms with E-state index in [-0.39, 0.29) is 0 Å². The van der Waals surface area contributed by atoms with Gasteiger partial charge in [0.1, 0.15) is 0 Å². The van der Waals surface area contributed by atoms with E-state index in [4.69, 9.17) is 43.2 Å². The molecule has 0 aliphatic heterocycles. The van der Waals surface area contributed by atoms with Crippen LogP contribution in [0.5, 0.6) is 0 Å². The van der Waals surface area contributed by atoms with E-state index in [0.29, 0.717) is 39.1 Å². The first-order valence-corrected chi connectivity index (χ1v) is 5.75. The van der Waals surface area contributed by atoms with E-state index >= 15 is 0 Å². The fourth-order valence-electron chi connectivity index (χ4n) is 0. The molecule has 0 fully saturated rings. The molecule has 0 aromatic rings. The molecule has 0 aromatic carbocycles. The topological polar surface area (TPSA) is 104 Å². The fraction of sp³-hybridized carbons (Fsp3) is 1.00. The molecule has 0 aromatic heterocycles. The second-order valence-electron chi connectivity index (χ2n) is 1.20. The van der Waals surface area contributed by atoms with E-state index in [9.17, 15) is 0 Å². The zero-order valence-electron chi connectivity index (χ0n) is 6.23. The molecule has 0 bridgehead atoms. The Morgan fingerprint density at radius 3 is 0.818 bits per heavy atom. The van der Waals surface area contributed by atoms with Crippen LogP contribution in [0.3, 0.4) is 0 Å². The van der Waals surface area contributed by atoms with Crippen LogP contribution in [0.15, 0.2) is 0 Å². The first kappa shape index (κ1) is 17.9. The summed E-state index contributed by atoms with van der Waals surface area (Å²) in [7, 11) is 9.47. The molecule has 7 heteroatoms. The summed E-state index contributed by atoms with van der Waals surface area (Å²) in [6.07, 6.45) is 0. The van der Waals surface area contributed by atoms with Crippen LogP contribution in [0, 0.1) is 0 Å². The molecule has 0 heterocycles. The summed E-state index contributed by atoms with van der Waals surface area (Å²) in [5.41, 5.74) is 19.6. The Morgan fingerprint density at radius 1 is 0.727 bits per heavy atom. The molecule has 11 heavy (non-hydrogen) atoms. The molecule has 0 saturated carbocycles. The third-order valence-electron chi connectivity index (χ3n) is 0.333. The van der Waals surface area contributed by atoms with Gasteiger partial charge in [0, 0.05) is 26.2 Å². The summed E-state index contributed by atoms with van der Waals surface area (Å²) in [5, 5.41) is 0. The normalized spacial score (nSPS) is 7.45. The number of hydrogen-bond donors (Lipinski definition) is 4. The number of nitrogens with two attached hydrogens (primary N) is 4. The van der Waals surface area contributed by atoms with Crippen molar-refractivity contribution in [3.63, 3.8) is 0 Å².